The van der Waals surface area contributed by atoms with Crippen LogP contribution in [-0.4, -0.2) is 24.1 Å². The van der Waals surface area contributed by atoms with Gasteiger partial charge in [-0.3, -0.25) is 10.1 Å². The van der Waals surface area contributed by atoms with Gasteiger partial charge in [-0.05, 0) is 49.4 Å². The summed E-state index contributed by atoms with van der Waals surface area (Å²) in [4.78, 5) is 16.5. The van der Waals surface area contributed by atoms with E-state index in [9.17, 15) is 4.79 Å². The first-order chi connectivity index (χ1) is 13.0. The van der Waals surface area contributed by atoms with Crippen LogP contribution in [0.4, 0.5) is 5.13 Å². The van der Waals surface area contributed by atoms with Crippen LogP contribution >= 0.6 is 34.5 Å². The van der Waals surface area contributed by atoms with Crippen molar-refractivity contribution in [3.8, 4) is 22.8 Å². The number of ether oxygens (including phenoxy) is 2. The molecule has 2 aromatic carbocycles. The lowest BCUT2D eigenvalue weighted by molar-refractivity contribution is -0.118. The molecule has 1 heterocycles. The number of benzene rings is 2. The summed E-state index contributed by atoms with van der Waals surface area (Å²) in [6.45, 7) is 2.39. The Morgan fingerprint density at radius 2 is 1.81 bits per heavy atom. The van der Waals surface area contributed by atoms with Crippen LogP contribution < -0.4 is 14.8 Å². The molecule has 1 amide bonds. The molecule has 0 fully saturated rings. The molecule has 0 unspecified atom stereocenters. The predicted octanol–water partition coefficient (Wildman–Crippen LogP) is 5.53. The van der Waals surface area contributed by atoms with E-state index in [2.05, 4.69) is 10.3 Å². The molecule has 0 aliphatic heterocycles. The Hall–Kier alpha value is -2.28. The highest BCUT2D eigenvalue weighted by Gasteiger charge is 2.11. The average Bonchev–Trinajstić information content (AvgIpc) is 3.09. The minimum Gasteiger partial charge on any atom is -0.494 e. The second-order valence-corrected chi connectivity index (χ2v) is 7.11. The van der Waals surface area contributed by atoms with Crippen LogP contribution in [0.3, 0.4) is 0 Å². The van der Waals surface area contributed by atoms with Crippen LogP contribution in [0.25, 0.3) is 11.3 Å². The van der Waals surface area contributed by atoms with Crippen LogP contribution in [-0.2, 0) is 4.79 Å². The highest BCUT2D eigenvalue weighted by molar-refractivity contribution is 7.14. The molecular weight excluding hydrogens is 407 g/mol. The summed E-state index contributed by atoms with van der Waals surface area (Å²) in [5.41, 5.74) is 1.42. The molecule has 1 aromatic heterocycles. The van der Waals surface area contributed by atoms with E-state index < -0.39 is 0 Å². The van der Waals surface area contributed by atoms with Gasteiger partial charge in [-0.2, -0.15) is 0 Å². The Labute approximate surface area is 170 Å². The van der Waals surface area contributed by atoms with E-state index in [4.69, 9.17) is 32.7 Å². The van der Waals surface area contributed by atoms with E-state index in [1.165, 1.54) is 11.3 Å². The van der Waals surface area contributed by atoms with Gasteiger partial charge in [0.25, 0.3) is 5.91 Å². The van der Waals surface area contributed by atoms with Crippen molar-refractivity contribution in [1.82, 2.24) is 4.98 Å². The second-order valence-electron chi connectivity index (χ2n) is 5.40. The number of nitrogens with zero attached hydrogens (tertiary/aromatic N) is 1. The lowest BCUT2D eigenvalue weighted by Gasteiger charge is -2.07. The average molecular weight is 423 g/mol. The normalized spacial score (nSPS) is 10.5. The van der Waals surface area contributed by atoms with E-state index in [-0.39, 0.29) is 12.5 Å². The number of carbonyl (C=O) groups is 1. The molecule has 140 valence electrons. The van der Waals surface area contributed by atoms with Crippen molar-refractivity contribution >= 4 is 45.6 Å². The molecule has 3 aromatic rings. The van der Waals surface area contributed by atoms with Gasteiger partial charge in [0.1, 0.15) is 11.5 Å². The molecule has 0 aliphatic carbocycles. The van der Waals surface area contributed by atoms with Gasteiger partial charge in [0.05, 0.1) is 17.3 Å². The first-order valence-corrected chi connectivity index (χ1v) is 9.75. The fourth-order valence-electron chi connectivity index (χ4n) is 2.26. The van der Waals surface area contributed by atoms with Gasteiger partial charge in [-0.15, -0.1) is 11.3 Å². The number of nitrogens with one attached hydrogen (secondary N) is 1. The van der Waals surface area contributed by atoms with Gasteiger partial charge >= 0.3 is 0 Å². The number of amides is 1. The van der Waals surface area contributed by atoms with Crippen LogP contribution in [0, 0.1) is 0 Å². The van der Waals surface area contributed by atoms with Crippen molar-refractivity contribution in [3.05, 3.63) is 57.9 Å². The predicted molar refractivity (Wildman–Crippen MR) is 109 cm³/mol. The Morgan fingerprint density at radius 1 is 1.11 bits per heavy atom. The third-order valence-electron chi connectivity index (χ3n) is 3.46. The van der Waals surface area contributed by atoms with Crippen LogP contribution in [0.1, 0.15) is 6.92 Å². The lowest BCUT2D eigenvalue weighted by Crippen LogP contribution is -2.20. The highest BCUT2D eigenvalue weighted by Crippen LogP contribution is 2.32. The highest BCUT2D eigenvalue weighted by atomic mass is 35.5. The Balaban J connectivity index is 1.56. The molecule has 1 N–H and O–H groups in total. The van der Waals surface area contributed by atoms with Crippen molar-refractivity contribution in [3.63, 3.8) is 0 Å². The number of anilines is 1. The largest absolute Gasteiger partial charge is 0.494 e. The maximum absolute atomic E-state index is 12.1. The molecule has 0 aliphatic rings. The molecule has 0 bridgehead atoms. The zero-order valence-electron chi connectivity index (χ0n) is 14.4. The van der Waals surface area contributed by atoms with E-state index in [0.717, 1.165) is 11.3 Å². The SMILES string of the molecule is CCOc1ccc(OCC(=O)Nc2nc(-c3ccc(Cl)cc3Cl)cs2)cc1. The summed E-state index contributed by atoms with van der Waals surface area (Å²) in [5, 5.41) is 6.06. The van der Waals surface area contributed by atoms with Gasteiger partial charge in [0, 0.05) is 16.0 Å². The second kappa shape index (κ2) is 9.08. The lowest BCUT2D eigenvalue weighted by atomic mass is 10.2. The van der Waals surface area contributed by atoms with Crippen LogP contribution in [0.2, 0.25) is 10.0 Å². The molecule has 0 radical (unpaired) electrons. The molecule has 3 rings (SSSR count). The van der Waals surface area contributed by atoms with E-state index >= 15 is 0 Å². The zero-order chi connectivity index (χ0) is 19.2. The molecule has 27 heavy (non-hydrogen) atoms. The standard InChI is InChI=1S/C19H16Cl2N2O3S/c1-2-25-13-4-6-14(7-5-13)26-10-18(24)23-19-22-17(11-27-19)15-8-3-12(20)9-16(15)21/h3-9,11H,2,10H2,1H3,(H,22,23,24). The summed E-state index contributed by atoms with van der Waals surface area (Å²) in [6, 6.07) is 12.3. The maximum Gasteiger partial charge on any atom is 0.264 e. The van der Waals surface area contributed by atoms with Gasteiger partial charge in [0.2, 0.25) is 0 Å². The van der Waals surface area contributed by atoms with E-state index in [1.807, 2.05) is 12.3 Å². The number of rotatable bonds is 7. The van der Waals surface area contributed by atoms with Crippen LogP contribution in [0.5, 0.6) is 11.5 Å². The minimum atomic E-state index is -0.299. The number of thiazole rings is 1. The first-order valence-electron chi connectivity index (χ1n) is 8.11. The van der Waals surface area contributed by atoms with Crippen molar-refractivity contribution in [2.75, 3.05) is 18.5 Å². The number of halogens is 2. The van der Waals surface area contributed by atoms with Gasteiger partial charge < -0.3 is 9.47 Å². The minimum absolute atomic E-state index is 0.120. The smallest absolute Gasteiger partial charge is 0.264 e. The van der Waals surface area contributed by atoms with Crippen LogP contribution in [0.15, 0.2) is 47.8 Å². The Morgan fingerprint density at radius 3 is 2.48 bits per heavy atom. The monoisotopic (exact) mass is 422 g/mol. The number of hydrogen-bond acceptors (Lipinski definition) is 5. The quantitative estimate of drug-likeness (QED) is 0.543. The molecular formula is C19H16Cl2N2O3S. The molecule has 0 saturated heterocycles. The van der Waals surface area contributed by atoms with Crippen molar-refractivity contribution in [2.24, 2.45) is 0 Å². The number of carbonyl (C=O) groups excluding carboxylic acids is 1. The van der Waals surface area contributed by atoms with Crippen molar-refractivity contribution in [1.29, 1.82) is 0 Å². The number of hydrogen-bond donors (Lipinski definition) is 1. The first kappa shape index (κ1) is 19.5. The Bertz CT molecular complexity index is 929. The molecule has 0 spiro atoms. The van der Waals surface area contributed by atoms with E-state index in [1.54, 1.807) is 42.5 Å². The topological polar surface area (TPSA) is 60.5 Å². The van der Waals surface area contributed by atoms with Gasteiger partial charge in [-0.25, -0.2) is 4.98 Å². The zero-order valence-corrected chi connectivity index (χ0v) is 16.7. The summed E-state index contributed by atoms with van der Waals surface area (Å²) in [5.74, 6) is 1.04. The number of aromatic nitrogens is 1. The molecule has 0 saturated carbocycles. The maximum atomic E-state index is 12.1. The van der Waals surface area contributed by atoms with Gasteiger partial charge in [0.15, 0.2) is 11.7 Å². The van der Waals surface area contributed by atoms with E-state index in [0.29, 0.717) is 33.2 Å². The third-order valence-corrected chi connectivity index (χ3v) is 4.77. The molecule has 5 nitrogen and oxygen atoms in total. The summed E-state index contributed by atoms with van der Waals surface area (Å²) >= 11 is 13.4. The fraction of sp³-hybridized carbons (Fsp3) is 0.158. The Kier molecular flexibility index (Phi) is 6.55. The fourth-order valence-corrected chi connectivity index (χ4v) is 3.49. The van der Waals surface area contributed by atoms with Crippen molar-refractivity contribution in [2.45, 2.75) is 6.92 Å². The van der Waals surface area contributed by atoms with Crippen molar-refractivity contribution < 1.29 is 14.3 Å². The summed E-state index contributed by atoms with van der Waals surface area (Å²) in [6.07, 6.45) is 0. The third kappa shape index (κ3) is 5.35. The van der Waals surface area contributed by atoms with Gasteiger partial charge in [-0.1, -0.05) is 23.2 Å². The summed E-state index contributed by atoms with van der Waals surface area (Å²) < 4.78 is 10.8. The summed E-state index contributed by atoms with van der Waals surface area (Å²) in [7, 11) is 0. The molecule has 0 atom stereocenters. The molecule has 8 heteroatoms.